The van der Waals surface area contributed by atoms with E-state index in [-0.39, 0.29) is 11.9 Å². The topological polar surface area (TPSA) is 38.2 Å². The van der Waals surface area contributed by atoms with Crippen LogP contribution in [-0.2, 0) is 0 Å². The molecule has 2 aromatic carbocycles. The molecule has 0 bridgehead atoms. The molecule has 0 atom stereocenters. The predicted molar refractivity (Wildman–Crippen MR) is 91.8 cm³/mol. The maximum absolute atomic E-state index is 13.0. The summed E-state index contributed by atoms with van der Waals surface area (Å²) in [7, 11) is 0. The SMILES string of the molecule is Fc1ccc(OC2CCN(c3ncnc4ccccc34)CC2)cc1. The lowest BCUT2D eigenvalue weighted by Crippen LogP contribution is -2.38. The number of ether oxygens (including phenoxy) is 1. The van der Waals surface area contributed by atoms with E-state index in [1.165, 1.54) is 12.1 Å². The summed E-state index contributed by atoms with van der Waals surface area (Å²) in [6, 6.07) is 14.3. The summed E-state index contributed by atoms with van der Waals surface area (Å²) in [5.74, 6) is 1.47. The number of piperidine rings is 1. The van der Waals surface area contributed by atoms with E-state index in [9.17, 15) is 4.39 Å². The molecular formula is C19H18FN3O. The first-order chi connectivity index (χ1) is 11.8. The molecule has 5 heteroatoms. The van der Waals surface area contributed by atoms with Gasteiger partial charge in [-0.25, -0.2) is 14.4 Å². The minimum absolute atomic E-state index is 0.153. The molecule has 0 amide bonds. The zero-order valence-corrected chi connectivity index (χ0v) is 13.2. The summed E-state index contributed by atoms with van der Waals surface area (Å²) in [6.45, 7) is 1.76. The van der Waals surface area contributed by atoms with E-state index >= 15 is 0 Å². The van der Waals surface area contributed by atoms with Crippen molar-refractivity contribution in [2.45, 2.75) is 18.9 Å². The van der Waals surface area contributed by atoms with Gasteiger partial charge in [-0.15, -0.1) is 0 Å². The Morgan fingerprint density at radius 2 is 1.71 bits per heavy atom. The van der Waals surface area contributed by atoms with Crippen LogP contribution in [0.2, 0.25) is 0 Å². The number of hydrogen-bond acceptors (Lipinski definition) is 4. The molecular weight excluding hydrogens is 305 g/mol. The monoisotopic (exact) mass is 323 g/mol. The van der Waals surface area contributed by atoms with Crippen LogP contribution in [0.25, 0.3) is 10.9 Å². The first-order valence-corrected chi connectivity index (χ1v) is 8.16. The normalized spacial score (nSPS) is 15.6. The number of para-hydroxylation sites is 1. The molecule has 0 aliphatic carbocycles. The van der Waals surface area contributed by atoms with Crippen molar-refractivity contribution in [1.29, 1.82) is 0 Å². The smallest absolute Gasteiger partial charge is 0.139 e. The molecule has 0 saturated carbocycles. The average molecular weight is 323 g/mol. The Kier molecular flexibility index (Phi) is 3.99. The molecule has 2 heterocycles. The van der Waals surface area contributed by atoms with Gasteiger partial charge in [-0.05, 0) is 36.4 Å². The van der Waals surface area contributed by atoms with Crippen LogP contribution in [-0.4, -0.2) is 29.2 Å². The molecule has 0 radical (unpaired) electrons. The third-order valence-corrected chi connectivity index (χ3v) is 4.38. The van der Waals surface area contributed by atoms with Gasteiger partial charge in [0.2, 0.25) is 0 Å². The Balaban J connectivity index is 1.45. The molecule has 1 fully saturated rings. The van der Waals surface area contributed by atoms with E-state index in [1.807, 2.05) is 18.2 Å². The molecule has 1 aliphatic rings. The fourth-order valence-corrected chi connectivity index (χ4v) is 3.13. The lowest BCUT2D eigenvalue weighted by Gasteiger charge is -2.33. The van der Waals surface area contributed by atoms with Crippen molar-refractivity contribution in [2.75, 3.05) is 18.0 Å². The molecule has 3 aromatic rings. The third kappa shape index (κ3) is 3.02. The highest BCUT2D eigenvalue weighted by molar-refractivity contribution is 5.89. The van der Waals surface area contributed by atoms with Crippen molar-refractivity contribution < 1.29 is 9.13 Å². The highest BCUT2D eigenvalue weighted by atomic mass is 19.1. The molecule has 122 valence electrons. The lowest BCUT2D eigenvalue weighted by molar-refractivity contribution is 0.170. The molecule has 4 nitrogen and oxygen atoms in total. The summed E-state index contributed by atoms with van der Waals surface area (Å²) in [5.41, 5.74) is 0.965. The van der Waals surface area contributed by atoms with Gasteiger partial charge in [0.25, 0.3) is 0 Å². The second-order valence-corrected chi connectivity index (χ2v) is 5.97. The minimum atomic E-state index is -0.243. The fourth-order valence-electron chi connectivity index (χ4n) is 3.13. The van der Waals surface area contributed by atoms with Crippen molar-refractivity contribution in [3.05, 3.63) is 60.7 Å². The number of hydrogen-bond donors (Lipinski definition) is 0. The van der Waals surface area contributed by atoms with Crippen molar-refractivity contribution >= 4 is 16.7 Å². The van der Waals surface area contributed by atoms with Crippen molar-refractivity contribution in [3.63, 3.8) is 0 Å². The fraction of sp³-hybridized carbons (Fsp3) is 0.263. The van der Waals surface area contributed by atoms with Gasteiger partial charge in [-0.2, -0.15) is 0 Å². The van der Waals surface area contributed by atoms with Crippen LogP contribution >= 0.6 is 0 Å². The van der Waals surface area contributed by atoms with Gasteiger partial charge in [0.15, 0.2) is 0 Å². The number of aromatic nitrogens is 2. The molecule has 0 unspecified atom stereocenters. The summed E-state index contributed by atoms with van der Waals surface area (Å²) in [6.07, 6.45) is 3.60. The largest absolute Gasteiger partial charge is 0.490 e. The maximum Gasteiger partial charge on any atom is 0.139 e. The first-order valence-electron chi connectivity index (χ1n) is 8.16. The van der Waals surface area contributed by atoms with E-state index in [0.717, 1.165) is 48.4 Å². The maximum atomic E-state index is 13.0. The Labute approximate surface area is 139 Å². The van der Waals surface area contributed by atoms with Crippen molar-refractivity contribution in [1.82, 2.24) is 9.97 Å². The highest BCUT2D eigenvalue weighted by Crippen LogP contribution is 2.27. The van der Waals surface area contributed by atoms with Crippen molar-refractivity contribution in [3.8, 4) is 5.75 Å². The van der Waals surface area contributed by atoms with E-state index in [4.69, 9.17) is 4.74 Å². The van der Waals surface area contributed by atoms with E-state index in [0.29, 0.717) is 0 Å². The van der Waals surface area contributed by atoms with Gasteiger partial charge < -0.3 is 9.64 Å². The molecule has 0 spiro atoms. The third-order valence-electron chi connectivity index (χ3n) is 4.38. The molecule has 4 rings (SSSR count). The zero-order chi connectivity index (χ0) is 16.4. The molecule has 24 heavy (non-hydrogen) atoms. The summed E-state index contributed by atoms with van der Waals surface area (Å²) < 4.78 is 18.9. The number of rotatable bonds is 3. The van der Waals surface area contributed by atoms with Crippen LogP contribution < -0.4 is 9.64 Å². The Morgan fingerprint density at radius 3 is 2.50 bits per heavy atom. The first kappa shape index (κ1) is 14.9. The van der Waals surface area contributed by atoms with E-state index in [1.54, 1.807) is 18.5 Å². The molecule has 1 aromatic heterocycles. The van der Waals surface area contributed by atoms with Crippen LogP contribution in [0.4, 0.5) is 10.2 Å². The van der Waals surface area contributed by atoms with Gasteiger partial charge in [-0.1, -0.05) is 12.1 Å². The van der Waals surface area contributed by atoms with Gasteiger partial charge >= 0.3 is 0 Å². The predicted octanol–water partition coefficient (Wildman–Crippen LogP) is 3.82. The van der Waals surface area contributed by atoms with Crippen molar-refractivity contribution in [2.24, 2.45) is 0 Å². The highest BCUT2D eigenvalue weighted by Gasteiger charge is 2.22. The number of nitrogens with zero attached hydrogens (tertiary/aromatic N) is 3. The van der Waals surface area contributed by atoms with Crippen LogP contribution in [0.15, 0.2) is 54.9 Å². The quantitative estimate of drug-likeness (QED) is 0.734. The van der Waals surface area contributed by atoms with E-state index < -0.39 is 0 Å². The average Bonchev–Trinajstić information content (AvgIpc) is 2.64. The summed E-state index contributed by atoms with van der Waals surface area (Å²) in [4.78, 5) is 11.1. The van der Waals surface area contributed by atoms with Crippen LogP contribution in [0.5, 0.6) is 5.75 Å². The molecule has 0 N–H and O–H groups in total. The second-order valence-electron chi connectivity index (χ2n) is 5.97. The molecule has 1 aliphatic heterocycles. The Hall–Kier alpha value is -2.69. The number of benzene rings is 2. The van der Waals surface area contributed by atoms with Gasteiger partial charge in [0.05, 0.1) is 5.52 Å². The number of fused-ring (bicyclic) bond motifs is 1. The Morgan fingerprint density at radius 1 is 0.958 bits per heavy atom. The lowest BCUT2D eigenvalue weighted by atomic mass is 10.1. The molecule has 1 saturated heterocycles. The number of halogens is 1. The Bertz CT molecular complexity index is 824. The standard InChI is InChI=1S/C19H18FN3O/c20-14-5-7-15(8-6-14)24-16-9-11-23(12-10-16)19-17-3-1-2-4-18(17)21-13-22-19/h1-8,13,16H,9-12H2. The van der Waals surface area contributed by atoms with E-state index in [2.05, 4.69) is 20.9 Å². The summed E-state index contributed by atoms with van der Waals surface area (Å²) >= 11 is 0. The number of anilines is 1. The van der Waals surface area contributed by atoms with Crippen LogP contribution in [0.1, 0.15) is 12.8 Å². The van der Waals surface area contributed by atoms with Crippen LogP contribution in [0, 0.1) is 5.82 Å². The minimum Gasteiger partial charge on any atom is -0.490 e. The second kappa shape index (κ2) is 6.43. The van der Waals surface area contributed by atoms with Gasteiger partial charge in [0.1, 0.15) is 29.8 Å². The zero-order valence-electron chi connectivity index (χ0n) is 13.2. The van der Waals surface area contributed by atoms with Gasteiger partial charge in [-0.3, -0.25) is 0 Å². The summed E-state index contributed by atoms with van der Waals surface area (Å²) in [5, 5.41) is 1.08. The van der Waals surface area contributed by atoms with Crippen LogP contribution in [0.3, 0.4) is 0 Å². The van der Waals surface area contributed by atoms with Gasteiger partial charge in [0, 0.05) is 31.3 Å².